The van der Waals surface area contributed by atoms with E-state index in [-0.39, 0.29) is 5.41 Å². The largest absolute Gasteiger partial charge is 0.292 e. The van der Waals surface area contributed by atoms with Gasteiger partial charge in [-0.15, -0.1) is 0 Å². The van der Waals surface area contributed by atoms with Crippen LogP contribution >= 0.6 is 0 Å². The second-order valence-electron chi connectivity index (χ2n) is 9.17. The van der Waals surface area contributed by atoms with Crippen molar-refractivity contribution < 1.29 is 0 Å². The van der Waals surface area contributed by atoms with E-state index in [2.05, 4.69) is 101 Å². The Kier molecular flexibility index (Phi) is 3.34. The SMILES string of the molecule is CC1(C)c2ccccc2-c2cc3ccc4c5ccccc5n(-c5cnccn5)c4c3cc21. The van der Waals surface area contributed by atoms with Crippen molar-refractivity contribution in [1.82, 2.24) is 14.5 Å². The highest BCUT2D eigenvalue weighted by molar-refractivity contribution is 6.19. The molecule has 0 saturated heterocycles. The van der Waals surface area contributed by atoms with Gasteiger partial charge in [-0.05, 0) is 45.8 Å². The first-order valence-electron chi connectivity index (χ1n) is 11.0. The highest BCUT2D eigenvalue weighted by atomic mass is 15.1. The minimum atomic E-state index is -0.0360. The molecule has 0 fully saturated rings. The first kappa shape index (κ1) is 17.7. The Morgan fingerprint density at radius 3 is 2.44 bits per heavy atom. The summed E-state index contributed by atoms with van der Waals surface area (Å²) in [5.74, 6) is 0.842. The van der Waals surface area contributed by atoms with Crippen molar-refractivity contribution >= 4 is 32.6 Å². The van der Waals surface area contributed by atoms with E-state index in [0.29, 0.717) is 0 Å². The second-order valence-corrected chi connectivity index (χ2v) is 9.17. The van der Waals surface area contributed by atoms with Crippen LogP contribution in [0, 0.1) is 0 Å². The van der Waals surface area contributed by atoms with E-state index in [9.17, 15) is 0 Å². The molecule has 0 N–H and O–H groups in total. The zero-order valence-corrected chi connectivity index (χ0v) is 18.0. The van der Waals surface area contributed by atoms with Crippen molar-refractivity contribution in [3.05, 3.63) is 103 Å². The van der Waals surface area contributed by atoms with Gasteiger partial charge in [0.25, 0.3) is 0 Å². The molecule has 0 unspecified atom stereocenters. The zero-order chi connectivity index (χ0) is 21.4. The lowest BCUT2D eigenvalue weighted by molar-refractivity contribution is 0.661. The number of hydrogen-bond acceptors (Lipinski definition) is 2. The van der Waals surface area contributed by atoms with E-state index in [1.165, 1.54) is 49.3 Å². The third kappa shape index (κ3) is 2.15. The van der Waals surface area contributed by atoms with Gasteiger partial charge < -0.3 is 0 Å². The first-order valence-corrected chi connectivity index (χ1v) is 11.0. The summed E-state index contributed by atoms with van der Waals surface area (Å²) in [6.07, 6.45) is 5.33. The quantitative estimate of drug-likeness (QED) is 0.291. The summed E-state index contributed by atoms with van der Waals surface area (Å²) in [5.41, 5.74) is 7.79. The Balaban J connectivity index is 1.67. The Bertz CT molecular complexity index is 1690. The van der Waals surface area contributed by atoms with E-state index in [0.717, 1.165) is 11.3 Å². The number of benzene rings is 4. The van der Waals surface area contributed by atoms with E-state index < -0.39 is 0 Å². The van der Waals surface area contributed by atoms with Crippen LogP contribution in [0.4, 0.5) is 0 Å². The van der Waals surface area contributed by atoms with Gasteiger partial charge in [-0.3, -0.25) is 9.55 Å². The lowest BCUT2D eigenvalue weighted by atomic mass is 9.82. The normalized spacial score (nSPS) is 14.2. The van der Waals surface area contributed by atoms with Gasteiger partial charge in [0.15, 0.2) is 5.82 Å². The first-order chi connectivity index (χ1) is 15.6. The molecule has 0 aliphatic heterocycles. The molecule has 3 heteroatoms. The molecule has 0 spiro atoms. The number of hydrogen-bond donors (Lipinski definition) is 0. The topological polar surface area (TPSA) is 30.7 Å². The monoisotopic (exact) mass is 411 g/mol. The predicted octanol–water partition coefficient (Wildman–Crippen LogP) is 7.03. The summed E-state index contributed by atoms with van der Waals surface area (Å²) in [6.45, 7) is 4.67. The molecule has 2 aromatic heterocycles. The molecule has 4 aromatic carbocycles. The van der Waals surface area contributed by atoms with Gasteiger partial charge in [-0.25, -0.2) is 4.98 Å². The van der Waals surface area contributed by atoms with E-state index in [1.807, 2.05) is 6.20 Å². The highest BCUT2D eigenvalue weighted by Crippen LogP contribution is 2.50. The standard InChI is InChI=1S/C29H21N3/c1-29(2)24-9-5-3-7-19(24)23-15-18-11-12-21-20-8-4-6-10-26(20)32(27-17-30-13-14-31-27)28(21)22(18)16-25(23)29/h3-17H,1-2H3. The Hall–Kier alpha value is -3.98. The third-order valence-electron chi connectivity index (χ3n) is 7.13. The van der Waals surface area contributed by atoms with Crippen molar-refractivity contribution in [3.63, 3.8) is 0 Å². The smallest absolute Gasteiger partial charge is 0.156 e. The fourth-order valence-corrected chi connectivity index (χ4v) is 5.62. The highest BCUT2D eigenvalue weighted by Gasteiger charge is 2.35. The Labute approximate surface area is 186 Å². The van der Waals surface area contributed by atoms with E-state index in [1.54, 1.807) is 12.4 Å². The minimum Gasteiger partial charge on any atom is -0.292 e. The van der Waals surface area contributed by atoms with Crippen molar-refractivity contribution in [2.75, 3.05) is 0 Å². The van der Waals surface area contributed by atoms with Crippen LogP contribution < -0.4 is 0 Å². The van der Waals surface area contributed by atoms with Crippen LogP contribution in [0.25, 0.3) is 49.5 Å². The van der Waals surface area contributed by atoms with Gasteiger partial charge in [0.1, 0.15) is 0 Å². The minimum absolute atomic E-state index is 0.0360. The fraction of sp³-hybridized carbons (Fsp3) is 0.103. The van der Waals surface area contributed by atoms with Crippen molar-refractivity contribution in [2.45, 2.75) is 19.3 Å². The Morgan fingerprint density at radius 2 is 1.56 bits per heavy atom. The molecule has 0 radical (unpaired) electrons. The maximum absolute atomic E-state index is 4.66. The van der Waals surface area contributed by atoms with Crippen LogP contribution in [0.2, 0.25) is 0 Å². The van der Waals surface area contributed by atoms with Crippen LogP contribution in [0.1, 0.15) is 25.0 Å². The van der Waals surface area contributed by atoms with Crippen molar-refractivity contribution in [3.8, 4) is 16.9 Å². The summed E-state index contributed by atoms with van der Waals surface area (Å²) in [6, 6.07) is 26.7. The van der Waals surface area contributed by atoms with Crippen LogP contribution in [-0.4, -0.2) is 14.5 Å². The molecule has 0 bridgehead atoms. The molecule has 152 valence electrons. The summed E-state index contributed by atoms with van der Waals surface area (Å²) in [5, 5.41) is 4.98. The van der Waals surface area contributed by atoms with Crippen LogP contribution in [0.5, 0.6) is 0 Å². The van der Waals surface area contributed by atoms with Crippen LogP contribution in [-0.2, 0) is 5.41 Å². The summed E-state index contributed by atoms with van der Waals surface area (Å²) >= 11 is 0. The number of aromatic nitrogens is 3. The number of para-hydroxylation sites is 1. The molecule has 1 aliphatic carbocycles. The number of fused-ring (bicyclic) bond motifs is 8. The van der Waals surface area contributed by atoms with Crippen LogP contribution in [0.15, 0.2) is 91.4 Å². The van der Waals surface area contributed by atoms with E-state index in [4.69, 9.17) is 0 Å². The fourth-order valence-electron chi connectivity index (χ4n) is 5.62. The van der Waals surface area contributed by atoms with Gasteiger partial charge in [0.2, 0.25) is 0 Å². The molecular formula is C29H21N3. The molecule has 6 aromatic rings. The van der Waals surface area contributed by atoms with Gasteiger partial charge in [0.05, 0.1) is 17.2 Å². The molecule has 7 rings (SSSR count). The summed E-state index contributed by atoms with van der Waals surface area (Å²) < 4.78 is 2.27. The molecule has 0 saturated carbocycles. The molecular weight excluding hydrogens is 390 g/mol. The predicted molar refractivity (Wildman–Crippen MR) is 131 cm³/mol. The molecule has 2 heterocycles. The summed E-state index contributed by atoms with van der Waals surface area (Å²) in [7, 11) is 0. The van der Waals surface area contributed by atoms with Gasteiger partial charge >= 0.3 is 0 Å². The van der Waals surface area contributed by atoms with E-state index >= 15 is 0 Å². The van der Waals surface area contributed by atoms with Gasteiger partial charge in [-0.1, -0.05) is 68.4 Å². The van der Waals surface area contributed by atoms with Gasteiger partial charge in [0, 0.05) is 34.0 Å². The van der Waals surface area contributed by atoms with Crippen molar-refractivity contribution in [1.29, 1.82) is 0 Å². The Morgan fingerprint density at radius 1 is 0.719 bits per heavy atom. The zero-order valence-electron chi connectivity index (χ0n) is 18.0. The molecule has 1 aliphatic rings. The molecule has 0 atom stereocenters. The molecule has 0 amide bonds. The average Bonchev–Trinajstić information content (AvgIpc) is 3.29. The second kappa shape index (κ2) is 6.04. The lowest BCUT2D eigenvalue weighted by Gasteiger charge is -2.22. The maximum atomic E-state index is 4.66. The van der Waals surface area contributed by atoms with Gasteiger partial charge in [-0.2, -0.15) is 0 Å². The average molecular weight is 412 g/mol. The third-order valence-corrected chi connectivity index (χ3v) is 7.13. The number of rotatable bonds is 1. The lowest BCUT2D eigenvalue weighted by Crippen LogP contribution is -2.14. The molecule has 3 nitrogen and oxygen atoms in total. The maximum Gasteiger partial charge on any atom is 0.156 e. The summed E-state index contributed by atoms with van der Waals surface area (Å²) in [4.78, 5) is 9.02. The molecule has 32 heavy (non-hydrogen) atoms. The van der Waals surface area contributed by atoms with Crippen LogP contribution in [0.3, 0.4) is 0 Å². The van der Waals surface area contributed by atoms with Crippen molar-refractivity contribution in [2.24, 2.45) is 0 Å². The number of nitrogens with zero attached hydrogens (tertiary/aromatic N) is 3.